The Hall–Kier alpha value is -3.46. The Morgan fingerprint density at radius 3 is 2.92 bits per heavy atom. The Kier molecular flexibility index (Phi) is 5.17. The zero-order chi connectivity index (χ0) is 17.5. The number of anilines is 1. The second-order valence-corrected chi connectivity index (χ2v) is 5.32. The molecule has 2 aromatic carbocycles. The first-order valence-corrected chi connectivity index (χ1v) is 7.81. The van der Waals surface area contributed by atoms with Gasteiger partial charge in [-0.2, -0.15) is 0 Å². The average Bonchev–Trinajstić information content (AvgIpc) is 3.01. The Balaban J connectivity index is 1.42. The van der Waals surface area contributed by atoms with E-state index in [2.05, 4.69) is 22.3 Å². The molecule has 25 heavy (non-hydrogen) atoms. The number of nitrogen functional groups attached to an aromatic ring is 1. The minimum absolute atomic E-state index is 0.249. The second kappa shape index (κ2) is 7.88. The molecular weight excluding hydrogens is 318 g/mol. The fourth-order valence-corrected chi connectivity index (χ4v) is 2.20. The maximum atomic E-state index is 11.6. The molecule has 6 nitrogen and oxygen atoms in total. The van der Waals surface area contributed by atoms with E-state index in [0.717, 1.165) is 16.5 Å². The molecule has 0 saturated carbocycles. The number of carbonyl (C=O) groups is 1. The topological polar surface area (TPSA) is 90.4 Å². The van der Waals surface area contributed by atoms with Gasteiger partial charge < -0.3 is 20.3 Å². The number of alkyl carbamates (subject to hydrolysis) is 1. The van der Waals surface area contributed by atoms with Gasteiger partial charge in [0, 0.05) is 18.5 Å². The molecule has 0 unspecified atom stereocenters. The molecule has 0 radical (unpaired) electrons. The lowest BCUT2D eigenvalue weighted by Crippen LogP contribution is -2.24. The normalized spacial score (nSPS) is 10.1. The van der Waals surface area contributed by atoms with Crippen molar-refractivity contribution in [2.24, 2.45) is 0 Å². The van der Waals surface area contributed by atoms with Crippen LogP contribution in [0, 0.1) is 11.8 Å². The summed E-state index contributed by atoms with van der Waals surface area (Å²) in [5.41, 5.74) is 8.10. The van der Waals surface area contributed by atoms with Crippen LogP contribution in [-0.4, -0.2) is 17.8 Å². The average molecular weight is 335 g/mol. The van der Waals surface area contributed by atoms with Crippen LogP contribution in [0.15, 0.2) is 53.1 Å². The molecule has 0 aliphatic heterocycles. The van der Waals surface area contributed by atoms with E-state index >= 15 is 0 Å². The van der Waals surface area contributed by atoms with Crippen molar-refractivity contribution in [3.63, 3.8) is 0 Å². The summed E-state index contributed by atoms with van der Waals surface area (Å²) in [6.07, 6.45) is 0.0572. The summed E-state index contributed by atoms with van der Waals surface area (Å²) < 4.78 is 10.2. The summed E-state index contributed by atoms with van der Waals surface area (Å²) in [4.78, 5) is 11.6. The Morgan fingerprint density at radius 2 is 2.08 bits per heavy atom. The van der Waals surface area contributed by atoms with Crippen molar-refractivity contribution in [3.8, 4) is 11.8 Å². The van der Waals surface area contributed by atoms with Gasteiger partial charge in [0.25, 0.3) is 0 Å². The fourth-order valence-electron chi connectivity index (χ4n) is 2.20. The molecule has 126 valence electrons. The molecule has 3 N–H and O–H groups in total. The molecule has 0 saturated heterocycles. The van der Waals surface area contributed by atoms with Gasteiger partial charge in [0.2, 0.25) is 0 Å². The molecule has 1 amide bonds. The molecule has 0 aliphatic carbocycles. The van der Waals surface area contributed by atoms with Crippen LogP contribution in [0.2, 0.25) is 0 Å². The van der Waals surface area contributed by atoms with Crippen molar-refractivity contribution in [1.82, 2.24) is 10.5 Å². The number of hydrogen-bond donors (Lipinski definition) is 2. The summed E-state index contributed by atoms with van der Waals surface area (Å²) in [7, 11) is 0. The van der Waals surface area contributed by atoms with Crippen molar-refractivity contribution < 1.29 is 14.1 Å². The monoisotopic (exact) mass is 335 g/mol. The van der Waals surface area contributed by atoms with E-state index in [1.807, 2.05) is 42.5 Å². The van der Waals surface area contributed by atoms with Gasteiger partial charge in [-0.25, -0.2) is 4.79 Å². The van der Waals surface area contributed by atoms with E-state index in [0.29, 0.717) is 24.4 Å². The number of hydrogen-bond acceptors (Lipinski definition) is 5. The molecule has 0 bridgehead atoms. The van der Waals surface area contributed by atoms with Crippen molar-refractivity contribution in [2.75, 3.05) is 12.3 Å². The Labute approximate surface area is 144 Å². The number of nitrogens with two attached hydrogens (primary N) is 1. The summed E-state index contributed by atoms with van der Waals surface area (Å²) in [5.74, 6) is 6.36. The largest absolute Gasteiger partial charge is 0.445 e. The lowest BCUT2D eigenvalue weighted by Gasteiger charge is -2.05. The molecule has 1 aromatic heterocycles. The quantitative estimate of drug-likeness (QED) is 0.565. The number of benzene rings is 2. The first kappa shape index (κ1) is 16.4. The van der Waals surface area contributed by atoms with E-state index in [1.165, 1.54) is 0 Å². The molecule has 6 heteroatoms. The third kappa shape index (κ3) is 4.52. The van der Waals surface area contributed by atoms with Crippen LogP contribution in [0.4, 0.5) is 10.6 Å². The number of aromatic nitrogens is 1. The molecule has 0 aliphatic rings. The maximum Gasteiger partial charge on any atom is 0.407 e. The van der Waals surface area contributed by atoms with E-state index in [4.69, 9.17) is 15.0 Å². The SMILES string of the molecule is Nc1noc2ccc(C#CCCNC(=O)OCc3ccccc3)cc12. The van der Waals surface area contributed by atoms with Gasteiger partial charge in [-0.1, -0.05) is 47.3 Å². The van der Waals surface area contributed by atoms with Crippen molar-refractivity contribution in [1.29, 1.82) is 0 Å². The minimum Gasteiger partial charge on any atom is -0.445 e. The lowest BCUT2D eigenvalue weighted by atomic mass is 10.1. The van der Waals surface area contributed by atoms with E-state index in [-0.39, 0.29) is 6.61 Å². The lowest BCUT2D eigenvalue weighted by molar-refractivity contribution is 0.140. The third-order valence-corrected chi connectivity index (χ3v) is 3.46. The van der Waals surface area contributed by atoms with E-state index in [1.54, 1.807) is 6.07 Å². The predicted octanol–water partition coefficient (Wildman–Crippen LogP) is 3.08. The number of amides is 1. The molecule has 0 atom stereocenters. The van der Waals surface area contributed by atoms with Crippen LogP contribution in [0.1, 0.15) is 17.5 Å². The van der Waals surface area contributed by atoms with E-state index in [9.17, 15) is 4.79 Å². The number of nitrogens with zero attached hydrogens (tertiary/aromatic N) is 1. The number of fused-ring (bicyclic) bond motifs is 1. The summed E-state index contributed by atoms with van der Waals surface area (Å²) >= 11 is 0. The third-order valence-electron chi connectivity index (χ3n) is 3.46. The van der Waals surface area contributed by atoms with Gasteiger partial charge >= 0.3 is 6.09 Å². The van der Waals surface area contributed by atoms with Crippen LogP contribution in [0.5, 0.6) is 0 Å². The van der Waals surface area contributed by atoms with Crippen molar-refractivity contribution in [3.05, 3.63) is 59.7 Å². The molecule has 1 heterocycles. The van der Waals surface area contributed by atoms with Crippen LogP contribution in [0.3, 0.4) is 0 Å². The maximum absolute atomic E-state index is 11.6. The predicted molar refractivity (Wildman–Crippen MR) is 94.5 cm³/mol. The van der Waals surface area contributed by atoms with Crippen molar-refractivity contribution >= 4 is 22.9 Å². The molecular formula is C19H17N3O3. The van der Waals surface area contributed by atoms with Crippen molar-refractivity contribution in [2.45, 2.75) is 13.0 Å². The van der Waals surface area contributed by atoms with Crippen LogP contribution in [0.25, 0.3) is 11.0 Å². The van der Waals surface area contributed by atoms with Gasteiger partial charge in [-0.15, -0.1) is 0 Å². The van der Waals surface area contributed by atoms with Gasteiger partial charge in [-0.3, -0.25) is 0 Å². The summed E-state index contributed by atoms with van der Waals surface area (Å²) in [5, 5.41) is 7.11. The molecule has 0 spiro atoms. The smallest absolute Gasteiger partial charge is 0.407 e. The first-order chi connectivity index (χ1) is 12.2. The fraction of sp³-hybridized carbons (Fsp3) is 0.158. The van der Waals surface area contributed by atoms with Crippen LogP contribution in [-0.2, 0) is 11.3 Å². The highest BCUT2D eigenvalue weighted by atomic mass is 16.5. The van der Waals surface area contributed by atoms with E-state index < -0.39 is 6.09 Å². The molecule has 3 aromatic rings. The zero-order valence-electron chi connectivity index (χ0n) is 13.5. The van der Waals surface area contributed by atoms with Gasteiger partial charge in [0.05, 0.1) is 5.39 Å². The standard InChI is InChI=1S/C19H17N3O3/c20-18-16-12-14(9-10-17(16)25-22-18)6-4-5-11-21-19(23)24-13-15-7-2-1-3-8-15/h1-3,7-10,12H,5,11,13H2,(H2,20,22)(H,21,23). The number of nitrogens with one attached hydrogen (secondary N) is 1. The number of rotatable bonds is 4. The number of carbonyl (C=O) groups excluding carboxylic acids is 1. The first-order valence-electron chi connectivity index (χ1n) is 7.81. The minimum atomic E-state index is -0.454. The molecule has 3 rings (SSSR count). The van der Waals surface area contributed by atoms with Gasteiger partial charge in [-0.05, 0) is 23.8 Å². The Bertz CT molecular complexity index is 923. The van der Waals surface area contributed by atoms with Gasteiger partial charge in [0.15, 0.2) is 11.4 Å². The molecule has 0 fully saturated rings. The zero-order valence-corrected chi connectivity index (χ0v) is 13.5. The highest BCUT2D eigenvalue weighted by Crippen LogP contribution is 2.20. The van der Waals surface area contributed by atoms with Crippen LogP contribution < -0.4 is 11.1 Å². The van der Waals surface area contributed by atoms with Crippen LogP contribution >= 0.6 is 0 Å². The highest BCUT2D eigenvalue weighted by Gasteiger charge is 2.04. The Morgan fingerprint density at radius 1 is 1.24 bits per heavy atom. The summed E-state index contributed by atoms with van der Waals surface area (Å²) in [6, 6.07) is 15.0. The second-order valence-electron chi connectivity index (χ2n) is 5.32. The van der Waals surface area contributed by atoms with Gasteiger partial charge in [0.1, 0.15) is 6.61 Å². The number of ether oxygens (including phenoxy) is 1. The summed E-state index contributed by atoms with van der Waals surface area (Å²) in [6.45, 7) is 0.663. The highest BCUT2D eigenvalue weighted by molar-refractivity contribution is 5.87.